The van der Waals surface area contributed by atoms with Crippen LogP contribution < -0.4 is 11.1 Å². The summed E-state index contributed by atoms with van der Waals surface area (Å²) in [5.74, 6) is 0.880. The van der Waals surface area contributed by atoms with Crippen LogP contribution in [0.1, 0.15) is 31.7 Å². The highest BCUT2D eigenvalue weighted by molar-refractivity contribution is 6.00. The summed E-state index contributed by atoms with van der Waals surface area (Å²) < 4.78 is 17.9. The lowest BCUT2D eigenvalue weighted by Gasteiger charge is -2.41. The van der Waals surface area contributed by atoms with Crippen molar-refractivity contribution in [2.45, 2.75) is 37.8 Å². The summed E-state index contributed by atoms with van der Waals surface area (Å²) in [4.78, 5) is 18.8. The molecule has 1 saturated heterocycles. The molecule has 4 heterocycles. The molecule has 41 heavy (non-hydrogen) atoms. The van der Waals surface area contributed by atoms with Gasteiger partial charge in [0.15, 0.2) is 0 Å². The van der Waals surface area contributed by atoms with Gasteiger partial charge in [0.25, 0.3) is 0 Å². The van der Waals surface area contributed by atoms with Crippen LogP contribution >= 0.6 is 0 Å². The van der Waals surface area contributed by atoms with Crippen molar-refractivity contribution in [1.29, 1.82) is 0 Å². The van der Waals surface area contributed by atoms with E-state index in [0.717, 1.165) is 64.8 Å². The number of hydrogen-bond acceptors (Lipinski definition) is 7. The molecule has 1 aliphatic carbocycles. The molecule has 0 atom stereocenters. The number of rotatable bonds is 5. The average molecular weight is 554 g/mol. The number of anilines is 3. The van der Waals surface area contributed by atoms with Gasteiger partial charge in [0.1, 0.15) is 23.6 Å². The Morgan fingerprint density at radius 3 is 2.39 bits per heavy atom. The molecule has 0 bridgehead atoms. The molecule has 7 rings (SSSR count). The Hall–Kier alpha value is -4.02. The third-order valence-corrected chi connectivity index (χ3v) is 9.05. The molecule has 2 aliphatic rings. The Bertz CT molecular complexity index is 1690. The molecule has 2 aromatic carbocycles. The lowest BCUT2D eigenvalue weighted by Crippen LogP contribution is -2.49. The van der Waals surface area contributed by atoms with Crippen molar-refractivity contribution in [1.82, 2.24) is 33.9 Å². The molecule has 0 amide bonds. The van der Waals surface area contributed by atoms with Crippen LogP contribution in [-0.4, -0.2) is 73.2 Å². The van der Waals surface area contributed by atoms with E-state index in [9.17, 15) is 4.39 Å². The maximum Gasteiger partial charge on any atom is 0.208 e. The molecule has 0 unspecified atom stereocenters. The molecule has 212 valence electrons. The van der Waals surface area contributed by atoms with Gasteiger partial charge in [-0.15, -0.1) is 0 Å². The predicted octanol–water partition coefficient (Wildman–Crippen LogP) is 5.18. The van der Waals surface area contributed by atoms with Crippen LogP contribution in [0.15, 0.2) is 55.0 Å². The highest BCUT2D eigenvalue weighted by Gasteiger charge is 2.30. The van der Waals surface area contributed by atoms with E-state index in [1.165, 1.54) is 38.1 Å². The summed E-state index contributed by atoms with van der Waals surface area (Å²) in [6, 6.07) is 13.9. The first kappa shape index (κ1) is 25.9. The number of likely N-dealkylation sites (N-methyl/N-ethyl adjacent to an activating group) is 1. The van der Waals surface area contributed by atoms with Crippen LogP contribution in [0, 0.1) is 5.82 Å². The number of benzene rings is 2. The molecular formula is C31H36FN9. The Morgan fingerprint density at radius 1 is 0.902 bits per heavy atom. The number of nitrogens with zero attached hydrogens (tertiary/aromatic N) is 7. The number of aryl methyl sites for hydroxylation is 1. The first-order valence-corrected chi connectivity index (χ1v) is 14.5. The zero-order chi connectivity index (χ0) is 28.1. The van der Waals surface area contributed by atoms with E-state index in [4.69, 9.17) is 10.7 Å². The number of aromatic nitrogens is 5. The summed E-state index contributed by atoms with van der Waals surface area (Å²) in [5.41, 5.74) is 11.8. The maximum atomic E-state index is 13.7. The van der Waals surface area contributed by atoms with Gasteiger partial charge in [-0.25, -0.2) is 19.3 Å². The first-order valence-electron chi connectivity index (χ1n) is 14.5. The number of piperazine rings is 1. The summed E-state index contributed by atoms with van der Waals surface area (Å²) in [7, 11) is 4.09. The number of fused-ring (bicyclic) bond motifs is 2. The Labute approximate surface area is 238 Å². The van der Waals surface area contributed by atoms with Crippen LogP contribution in [0.2, 0.25) is 0 Å². The second-order valence-electron chi connectivity index (χ2n) is 11.5. The molecule has 1 saturated carbocycles. The van der Waals surface area contributed by atoms with Crippen molar-refractivity contribution in [3.63, 3.8) is 0 Å². The van der Waals surface area contributed by atoms with Crippen molar-refractivity contribution in [2.75, 3.05) is 44.3 Å². The third kappa shape index (κ3) is 4.81. The maximum absolute atomic E-state index is 13.7. The van der Waals surface area contributed by atoms with Gasteiger partial charge in [0.05, 0.1) is 16.4 Å². The van der Waals surface area contributed by atoms with Crippen LogP contribution in [0.25, 0.3) is 33.2 Å². The fourth-order valence-corrected chi connectivity index (χ4v) is 6.63. The van der Waals surface area contributed by atoms with Gasteiger partial charge in [0.2, 0.25) is 5.95 Å². The first-order chi connectivity index (χ1) is 19.9. The number of nitrogens with two attached hydrogens (primary N) is 1. The topological polar surface area (TPSA) is 93.1 Å². The van der Waals surface area contributed by atoms with Gasteiger partial charge in [-0.3, -0.25) is 4.90 Å². The lowest BCUT2D eigenvalue weighted by molar-refractivity contribution is 0.0828. The number of halogens is 1. The van der Waals surface area contributed by atoms with Crippen molar-refractivity contribution in [3.05, 3.63) is 60.8 Å². The molecule has 0 radical (unpaired) electrons. The second-order valence-corrected chi connectivity index (χ2v) is 11.5. The van der Waals surface area contributed by atoms with E-state index in [0.29, 0.717) is 23.8 Å². The molecule has 5 aromatic rings. The van der Waals surface area contributed by atoms with Crippen molar-refractivity contribution in [3.8, 4) is 11.1 Å². The number of nitrogen functional groups attached to an aromatic ring is 1. The van der Waals surface area contributed by atoms with E-state index in [-0.39, 0.29) is 5.82 Å². The van der Waals surface area contributed by atoms with Gasteiger partial charge >= 0.3 is 0 Å². The second kappa shape index (κ2) is 10.4. The van der Waals surface area contributed by atoms with Gasteiger partial charge in [-0.05, 0) is 68.6 Å². The van der Waals surface area contributed by atoms with Gasteiger partial charge in [0, 0.05) is 62.8 Å². The molecule has 9 nitrogen and oxygen atoms in total. The number of hydrogen-bond donors (Lipinski definition) is 2. The zero-order valence-corrected chi connectivity index (χ0v) is 23.6. The molecule has 1 aliphatic heterocycles. The van der Waals surface area contributed by atoms with Gasteiger partial charge < -0.3 is 25.1 Å². The Kier molecular flexibility index (Phi) is 6.59. The normalized spacial score (nSPS) is 20.7. The summed E-state index contributed by atoms with van der Waals surface area (Å²) in [5, 5.41) is 4.28. The van der Waals surface area contributed by atoms with Gasteiger partial charge in [-0.1, -0.05) is 12.1 Å². The van der Waals surface area contributed by atoms with Crippen LogP contribution in [-0.2, 0) is 7.05 Å². The van der Waals surface area contributed by atoms with Crippen LogP contribution in [0.5, 0.6) is 0 Å². The van der Waals surface area contributed by atoms with Crippen LogP contribution in [0.3, 0.4) is 0 Å². The zero-order valence-electron chi connectivity index (χ0n) is 23.6. The number of nitrogens with one attached hydrogen (secondary N) is 1. The SMILES string of the molecule is CN1CCN([C@H]2CC[C@H](n3cc(-c4ccc(Nc5nc6ccc(F)cc6n5C)cc4)c4c(N)ncnc43)CC2)CC1. The molecule has 2 fully saturated rings. The van der Waals surface area contributed by atoms with Gasteiger partial charge in [-0.2, -0.15) is 0 Å². The fraction of sp³-hybridized carbons (Fsp3) is 0.387. The van der Waals surface area contributed by atoms with Crippen molar-refractivity contribution >= 4 is 39.5 Å². The largest absolute Gasteiger partial charge is 0.383 e. The highest BCUT2D eigenvalue weighted by Crippen LogP contribution is 2.39. The summed E-state index contributed by atoms with van der Waals surface area (Å²) >= 11 is 0. The summed E-state index contributed by atoms with van der Waals surface area (Å²) in [6.07, 6.45) is 8.48. The van der Waals surface area contributed by atoms with E-state index in [2.05, 4.69) is 55.0 Å². The number of imidazole rings is 1. The standard InChI is InChI=1S/C31H36FN9/c1-38-13-15-40(16-14-38)23-8-10-24(11-9-23)41-18-25(28-29(33)34-19-35-30(28)41)20-3-6-22(7-4-20)36-31-37-26-12-5-21(32)17-27(26)39(31)2/h3-7,12,17-19,23-24H,8-11,13-16H2,1-2H3,(H,36,37)(H2,33,34,35)/t23-,24-. The Morgan fingerprint density at radius 2 is 1.63 bits per heavy atom. The molecule has 10 heteroatoms. The van der Waals surface area contributed by atoms with E-state index in [1.807, 2.05) is 23.7 Å². The smallest absolute Gasteiger partial charge is 0.208 e. The lowest BCUT2D eigenvalue weighted by atomic mass is 9.89. The van der Waals surface area contributed by atoms with E-state index in [1.54, 1.807) is 12.4 Å². The molecule has 3 aromatic heterocycles. The van der Waals surface area contributed by atoms with Crippen LogP contribution in [0.4, 0.5) is 21.8 Å². The van der Waals surface area contributed by atoms with E-state index >= 15 is 0 Å². The monoisotopic (exact) mass is 553 g/mol. The Balaban J connectivity index is 1.13. The molecule has 3 N–H and O–H groups in total. The predicted molar refractivity (Wildman–Crippen MR) is 162 cm³/mol. The van der Waals surface area contributed by atoms with Crippen molar-refractivity contribution in [2.24, 2.45) is 7.05 Å². The fourth-order valence-electron chi connectivity index (χ4n) is 6.63. The third-order valence-electron chi connectivity index (χ3n) is 9.05. The minimum atomic E-state index is -0.276. The minimum Gasteiger partial charge on any atom is -0.383 e. The highest BCUT2D eigenvalue weighted by atomic mass is 19.1. The average Bonchev–Trinajstić information content (AvgIpc) is 3.53. The minimum absolute atomic E-state index is 0.276. The summed E-state index contributed by atoms with van der Waals surface area (Å²) in [6.45, 7) is 4.67. The van der Waals surface area contributed by atoms with Crippen molar-refractivity contribution < 1.29 is 4.39 Å². The van der Waals surface area contributed by atoms with E-state index < -0.39 is 0 Å². The molecule has 0 spiro atoms. The molecular weight excluding hydrogens is 517 g/mol. The quantitative estimate of drug-likeness (QED) is 0.310.